The van der Waals surface area contributed by atoms with Crippen molar-refractivity contribution in [1.82, 2.24) is 19.9 Å². The van der Waals surface area contributed by atoms with E-state index in [9.17, 15) is 18.0 Å². The molecule has 1 fully saturated rings. The Labute approximate surface area is 181 Å². The molecular weight excluding hydrogens is 425 g/mol. The molecule has 1 saturated heterocycles. The second-order valence-corrected chi connectivity index (χ2v) is 7.14. The van der Waals surface area contributed by atoms with Crippen LogP contribution in [-0.2, 0) is 4.79 Å². The summed E-state index contributed by atoms with van der Waals surface area (Å²) in [6.07, 6.45) is 2.12. The summed E-state index contributed by atoms with van der Waals surface area (Å²) in [7, 11) is 0. The van der Waals surface area contributed by atoms with Crippen LogP contribution in [-0.4, -0.2) is 56.1 Å². The zero-order valence-electron chi connectivity index (χ0n) is 16.9. The van der Waals surface area contributed by atoms with Crippen molar-refractivity contribution in [3.63, 3.8) is 0 Å². The standard InChI is InChI=1S/C20H20N4O.C2HF3O2/c25-20(24-12-8-16(9-13-24)19-21-10-11-22-19)17-6-7-18(23-14-17)15-4-2-1-3-5-15;3-2(4,5)1(6)7/h1-7,10-11,14,16H,8-9,12-13H2,(H,21,22);(H,6,7). The Kier molecular flexibility index (Phi) is 7.24. The molecule has 168 valence electrons. The number of piperidine rings is 1. The summed E-state index contributed by atoms with van der Waals surface area (Å²) in [4.78, 5) is 35.5. The molecular formula is C22H21F3N4O3. The van der Waals surface area contributed by atoms with E-state index in [4.69, 9.17) is 9.90 Å². The number of imidazole rings is 1. The minimum Gasteiger partial charge on any atom is -0.475 e. The van der Waals surface area contributed by atoms with Crippen LogP contribution in [0.5, 0.6) is 0 Å². The molecule has 0 bridgehead atoms. The first-order valence-electron chi connectivity index (χ1n) is 9.86. The molecule has 0 atom stereocenters. The Morgan fingerprint density at radius 2 is 1.69 bits per heavy atom. The van der Waals surface area contributed by atoms with Gasteiger partial charge < -0.3 is 15.0 Å². The molecule has 0 radical (unpaired) electrons. The van der Waals surface area contributed by atoms with E-state index in [1.807, 2.05) is 53.6 Å². The molecule has 3 aromatic rings. The van der Waals surface area contributed by atoms with Crippen LogP contribution in [0.1, 0.15) is 34.9 Å². The number of carboxylic acid groups (broad SMARTS) is 1. The highest BCUT2D eigenvalue weighted by Crippen LogP contribution is 2.26. The fraction of sp³-hybridized carbons (Fsp3) is 0.273. The van der Waals surface area contributed by atoms with Gasteiger partial charge >= 0.3 is 12.1 Å². The quantitative estimate of drug-likeness (QED) is 0.631. The largest absolute Gasteiger partial charge is 0.490 e. The van der Waals surface area contributed by atoms with Crippen molar-refractivity contribution in [1.29, 1.82) is 0 Å². The highest BCUT2D eigenvalue weighted by atomic mass is 19.4. The Hall–Kier alpha value is -3.69. The summed E-state index contributed by atoms with van der Waals surface area (Å²) < 4.78 is 31.7. The molecule has 32 heavy (non-hydrogen) atoms. The van der Waals surface area contributed by atoms with Gasteiger partial charge in [0.2, 0.25) is 0 Å². The fourth-order valence-corrected chi connectivity index (χ4v) is 3.34. The molecule has 0 spiro atoms. The monoisotopic (exact) mass is 446 g/mol. The van der Waals surface area contributed by atoms with Crippen LogP contribution in [0, 0.1) is 0 Å². The first-order chi connectivity index (χ1) is 15.3. The fourth-order valence-electron chi connectivity index (χ4n) is 3.34. The van der Waals surface area contributed by atoms with E-state index >= 15 is 0 Å². The molecule has 1 aromatic carbocycles. The third-order valence-corrected chi connectivity index (χ3v) is 5.01. The second kappa shape index (κ2) is 10.1. The summed E-state index contributed by atoms with van der Waals surface area (Å²) in [5.41, 5.74) is 2.59. The Morgan fingerprint density at radius 3 is 2.19 bits per heavy atom. The molecule has 3 heterocycles. The lowest BCUT2D eigenvalue weighted by atomic mass is 9.95. The van der Waals surface area contributed by atoms with Gasteiger partial charge in [-0.3, -0.25) is 9.78 Å². The van der Waals surface area contributed by atoms with Crippen LogP contribution in [0.25, 0.3) is 11.3 Å². The van der Waals surface area contributed by atoms with Crippen LogP contribution in [0.4, 0.5) is 13.2 Å². The van der Waals surface area contributed by atoms with Gasteiger partial charge in [0, 0.05) is 43.2 Å². The maximum absolute atomic E-state index is 12.7. The van der Waals surface area contributed by atoms with Crippen molar-refractivity contribution < 1.29 is 27.9 Å². The summed E-state index contributed by atoms with van der Waals surface area (Å²) in [5.74, 6) is -1.25. The van der Waals surface area contributed by atoms with Crippen molar-refractivity contribution in [3.05, 3.63) is 72.4 Å². The van der Waals surface area contributed by atoms with Gasteiger partial charge in [0.05, 0.1) is 11.3 Å². The van der Waals surface area contributed by atoms with E-state index < -0.39 is 12.1 Å². The number of hydrogen-bond acceptors (Lipinski definition) is 4. The zero-order valence-corrected chi connectivity index (χ0v) is 16.9. The molecule has 1 aliphatic rings. The molecule has 0 saturated carbocycles. The Balaban J connectivity index is 0.000000360. The molecule has 2 N–H and O–H groups in total. The van der Waals surface area contributed by atoms with Crippen LogP contribution in [0.3, 0.4) is 0 Å². The molecule has 1 aliphatic heterocycles. The average Bonchev–Trinajstić information content (AvgIpc) is 3.34. The molecule has 4 rings (SSSR count). The number of aromatic nitrogens is 3. The summed E-state index contributed by atoms with van der Waals surface area (Å²) in [6, 6.07) is 13.8. The number of likely N-dealkylation sites (tertiary alicyclic amines) is 1. The number of pyridine rings is 1. The smallest absolute Gasteiger partial charge is 0.475 e. The van der Waals surface area contributed by atoms with Gasteiger partial charge in [-0.15, -0.1) is 0 Å². The normalized spacial score (nSPS) is 14.4. The summed E-state index contributed by atoms with van der Waals surface area (Å²) in [5, 5.41) is 7.12. The van der Waals surface area contributed by atoms with Gasteiger partial charge in [-0.25, -0.2) is 9.78 Å². The summed E-state index contributed by atoms with van der Waals surface area (Å²) >= 11 is 0. The molecule has 0 aliphatic carbocycles. The molecule has 1 amide bonds. The lowest BCUT2D eigenvalue weighted by Crippen LogP contribution is -2.38. The van der Waals surface area contributed by atoms with Crippen LogP contribution < -0.4 is 0 Å². The number of amides is 1. The number of rotatable bonds is 3. The lowest BCUT2D eigenvalue weighted by molar-refractivity contribution is -0.192. The number of carboxylic acids is 1. The number of alkyl halides is 3. The first-order valence-corrected chi connectivity index (χ1v) is 9.86. The molecule has 10 heteroatoms. The number of nitrogens with one attached hydrogen (secondary N) is 1. The average molecular weight is 446 g/mol. The van der Waals surface area contributed by atoms with E-state index in [2.05, 4.69) is 15.0 Å². The van der Waals surface area contributed by atoms with Gasteiger partial charge in [0.15, 0.2) is 0 Å². The van der Waals surface area contributed by atoms with Gasteiger partial charge in [0.25, 0.3) is 5.91 Å². The lowest BCUT2D eigenvalue weighted by Gasteiger charge is -2.31. The third kappa shape index (κ3) is 5.93. The first kappa shape index (κ1) is 23.0. The number of benzene rings is 1. The van der Waals surface area contributed by atoms with Gasteiger partial charge in [0.1, 0.15) is 5.82 Å². The maximum Gasteiger partial charge on any atom is 0.490 e. The van der Waals surface area contributed by atoms with Crippen LogP contribution in [0.15, 0.2) is 61.1 Å². The van der Waals surface area contributed by atoms with E-state index in [1.165, 1.54) is 0 Å². The van der Waals surface area contributed by atoms with E-state index in [1.54, 1.807) is 12.4 Å². The highest BCUT2D eigenvalue weighted by Gasteiger charge is 2.38. The van der Waals surface area contributed by atoms with Crippen molar-refractivity contribution >= 4 is 11.9 Å². The number of hydrogen-bond donors (Lipinski definition) is 2. The van der Waals surface area contributed by atoms with E-state index in [0.717, 1.165) is 43.0 Å². The van der Waals surface area contributed by atoms with Crippen molar-refractivity contribution in [3.8, 4) is 11.3 Å². The Morgan fingerprint density at radius 1 is 1.03 bits per heavy atom. The SMILES string of the molecule is O=C(O)C(F)(F)F.O=C(c1ccc(-c2ccccc2)nc1)N1CCC(c2ncc[nH]2)CC1. The highest BCUT2D eigenvalue weighted by molar-refractivity contribution is 5.94. The number of nitrogens with zero attached hydrogens (tertiary/aromatic N) is 3. The molecule has 2 aromatic heterocycles. The van der Waals surface area contributed by atoms with Crippen molar-refractivity contribution in [2.45, 2.75) is 24.9 Å². The number of aromatic amines is 1. The zero-order chi connectivity index (χ0) is 23.1. The molecule has 7 nitrogen and oxygen atoms in total. The number of carbonyl (C=O) groups is 2. The van der Waals surface area contributed by atoms with Crippen molar-refractivity contribution in [2.24, 2.45) is 0 Å². The number of H-pyrrole nitrogens is 1. The Bertz CT molecular complexity index is 1010. The van der Waals surface area contributed by atoms with Gasteiger partial charge in [-0.05, 0) is 25.0 Å². The second-order valence-electron chi connectivity index (χ2n) is 7.14. The van der Waals surface area contributed by atoms with Crippen LogP contribution in [0.2, 0.25) is 0 Å². The van der Waals surface area contributed by atoms with E-state index in [-0.39, 0.29) is 5.91 Å². The van der Waals surface area contributed by atoms with Crippen molar-refractivity contribution in [2.75, 3.05) is 13.1 Å². The maximum atomic E-state index is 12.7. The molecule has 0 unspecified atom stereocenters. The van der Waals surface area contributed by atoms with Gasteiger partial charge in [-0.1, -0.05) is 30.3 Å². The third-order valence-electron chi connectivity index (χ3n) is 5.01. The predicted octanol–water partition coefficient (Wildman–Crippen LogP) is 4.12. The van der Waals surface area contributed by atoms with Gasteiger partial charge in [-0.2, -0.15) is 13.2 Å². The minimum atomic E-state index is -5.08. The number of carbonyl (C=O) groups excluding carboxylic acids is 1. The minimum absolute atomic E-state index is 0.0602. The topological polar surface area (TPSA) is 99.2 Å². The predicted molar refractivity (Wildman–Crippen MR) is 110 cm³/mol. The number of halogens is 3. The van der Waals surface area contributed by atoms with Crippen LogP contribution >= 0.6 is 0 Å². The number of aliphatic carboxylic acids is 1. The van der Waals surface area contributed by atoms with E-state index in [0.29, 0.717) is 11.5 Å². The summed E-state index contributed by atoms with van der Waals surface area (Å²) in [6.45, 7) is 1.51.